The van der Waals surface area contributed by atoms with Crippen LogP contribution in [-0.4, -0.2) is 14.6 Å². The smallest absolute Gasteiger partial charge is 0.0624 e. The Hall–Kier alpha value is -0.310. The zero-order valence-corrected chi connectivity index (χ0v) is 12.5. The quantitative estimate of drug-likeness (QED) is 0.769. The highest BCUT2D eigenvalue weighted by Gasteiger charge is 2.24. The molecule has 2 atom stereocenters. The van der Waals surface area contributed by atoms with Gasteiger partial charge >= 0.3 is 0 Å². The SMILES string of the molecule is CCc1cc(CC2CCCCC2Br)n(CC)n1. The summed E-state index contributed by atoms with van der Waals surface area (Å²) < 4.78 is 2.19. The van der Waals surface area contributed by atoms with Crippen LogP contribution in [0.25, 0.3) is 0 Å². The Morgan fingerprint density at radius 1 is 1.35 bits per heavy atom. The maximum absolute atomic E-state index is 4.64. The van der Waals surface area contributed by atoms with Gasteiger partial charge in [0.1, 0.15) is 0 Å². The molecule has 1 aromatic heterocycles. The van der Waals surface area contributed by atoms with E-state index in [0.29, 0.717) is 4.83 Å². The van der Waals surface area contributed by atoms with Crippen molar-refractivity contribution >= 4 is 15.9 Å². The third-order valence-electron chi connectivity index (χ3n) is 3.86. The van der Waals surface area contributed by atoms with E-state index in [1.807, 2.05) is 0 Å². The molecule has 0 spiro atoms. The highest BCUT2D eigenvalue weighted by molar-refractivity contribution is 9.09. The highest BCUT2D eigenvalue weighted by Crippen LogP contribution is 2.32. The van der Waals surface area contributed by atoms with Crippen LogP contribution in [0.5, 0.6) is 0 Å². The summed E-state index contributed by atoms with van der Waals surface area (Å²) in [5.74, 6) is 0.801. The Kier molecular flexibility index (Phi) is 4.66. The number of hydrogen-bond acceptors (Lipinski definition) is 1. The summed E-state index contributed by atoms with van der Waals surface area (Å²) in [7, 11) is 0. The van der Waals surface area contributed by atoms with Gasteiger partial charge < -0.3 is 0 Å². The first-order valence-electron chi connectivity index (χ1n) is 6.94. The van der Waals surface area contributed by atoms with Gasteiger partial charge in [0, 0.05) is 17.1 Å². The minimum absolute atomic E-state index is 0.710. The van der Waals surface area contributed by atoms with Crippen LogP contribution in [0.15, 0.2) is 6.07 Å². The van der Waals surface area contributed by atoms with Crippen LogP contribution in [0.4, 0.5) is 0 Å². The van der Waals surface area contributed by atoms with E-state index in [1.54, 1.807) is 0 Å². The van der Waals surface area contributed by atoms with Crippen LogP contribution in [-0.2, 0) is 19.4 Å². The van der Waals surface area contributed by atoms with Crippen LogP contribution >= 0.6 is 15.9 Å². The molecule has 96 valence electrons. The maximum Gasteiger partial charge on any atom is 0.0624 e. The van der Waals surface area contributed by atoms with Crippen molar-refractivity contribution < 1.29 is 0 Å². The van der Waals surface area contributed by atoms with Gasteiger partial charge in [-0.2, -0.15) is 5.10 Å². The zero-order chi connectivity index (χ0) is 12.3. The summed E-state index contributed by atoms with van der Waals surface area (Å²) in [5.41, 5.74) is 2.67. The van der Waals surface area contributed by atoms with E-state index in [4.69, 9.17) is 0 Å². The van der Waals surface area contributed by atoms with Gasteiger partial charge in [-0.3, -0.25) is 4.68 Å². The standard InChI is InChI=1S/C14H23BrN2/c1-3-12-10-13(17(4-2)16-12)9-11-7-5-6-8-14(11)15/h10-11,14H,3-9H2,1-2H3. The van der Waals surface area contributed by atoms with E-state index in [1.165, 1.54) is 43.5 Å². The van der Waals surface area contributed by atoms with Crippen molar-refractivity contribution in [3.05, 3.63) is 17.5 Å². The van der Waals surface area contributed by atoms with Crippen LogP contribution in [0.3, 0.4) is 0 Å². The Labute approximate surface area is 113 Å². The number of aromatic nitrogens is 2. The zero-order valence-electron chi connectivity index (χ0n) is 11.0. The van der Waals surface area contributed by atoms with Gasteiger partial charge in [-0.1, -0.05) is 35.7 Å². The Morgan fingerprint density at radius 2 is 2.12 bits per heavy atom. The molecule has 2 rings (SSSR count). The number of hydrogen-bond donors (Lipinski definition) is 0. The van der Waals surface area contributed by atoms with Crippen molar-refractivity contribution in [3.8, 4) is 0 Å². The molecular formula is C14H23BrN2. The number of aryl methyl sites for hydroxylation is 2. The molecule has 1 saturated carbocycles. The molecule has 0 aliphatic heterocycles. The van der Waals surface area contributed by atoms with Crippen LogP contribution < -0.4 is 0 Å². The van der Waals surface area contributed by atoms with Crippen molar-refractivity contribution in [1.82, 2.24) is 9.78 Å². The topological polar surface area (TPSA) is 17.8 Å². The summed E-state index contributed by atoms with van der Waals surface area (Å²) in [4.78, 5) is 0.710. The number of rotatable bonds is 4. The molecule has 1 heterocycles. The van der Waals surface area contributed by atoms with Crippen molar-refractivity contribution in [2.75, 3.05) is 0 Å². The van der Waals surface area contributed by atoms with E-state index < -0.39 is 0 Å². The molecule has 0 N–H and O–H groups in total. The Morgan fingerprint density at radius 3 is 2.76 bits per heavy atom. The van der Waals surface area contributed by atoms with Gasteiger partial charge in [-0.15, -0.1) is 0 Å². The summed E-state index contributed by atoms with van der Waals surface area (Å²) in [6.07, 6.45) is 7.73. The fourth-order valence-electron chi connectivity index (χ4n) is 2.79. The van der Waals surface area contributed by atoms with Gasteiger partial charge in [0.15, 0.2) is 0 Å². The number of halogens is 1. The molecule has 1 aliphatic rings. The summed E-state index contributed by atoms with van der Waals surface area (Å²) in [5, 5.41) is 4.64. The third-order valence-corrected chi connectivity index (χ3v) is 5.07. The molecule has 2 unspecified atom stereocenters. The molecule has 0 saturated heterocycles. The number of nitrogens with zero attached hydrogens (tertiary/aromatic N) is 2. The van der Waals surface area contributed by atoms with Gasteiger partial charge in [0.2, 0.25) is 0 Å². The van der Waals surface area contributed by atoms with E-state index in [-0.39, 0.29) is 0 Å². The Balaban J connectivity index is 2.08. The summed E-state index contributed by atoms with van der Waals surface area (Å²) in [6, 6.07) is 2.30. The monoisotopic (exact) mass is 298 g/mol. The molecule has 2 nitrogen and oxygen atoms in total. The molecule has 0 radical (unpaired) electrons. The van der Waals surface area contributed by atoms with Crippen LogP contribution in [0.1, 0.15) is 50.9 Å². The lowest BCUT2D eigenvalue weighted by atomic mass is 9.86. The first-order valence-corrected chi connectivity index (χ1v) is 7.85. The molecule has 17 heavy (non-hydrogen) atoms. The predicted octanol–water partition coefficient (Wildman–Crippen LogP) is 3.96. The molecule has 3 heteroatoms. The average Bonchev–Trinajstić information content (AvgIpc) is 2.74. The van der Waals surface area contributed by atoms with E-state index in [9.17, 15) is 0 Å². The van der Waals surface area contributed by atoms with Gasteiger partial charge in [0.05, 0.1) is 5.69 Å². The van der Waals surface area contributed by atoms with Crippen molar-refractivity contribution in [3.63, 3.8) is 0 Å². The largest absolute Gasteiger partial charge is 0.270 e. The molecule has 0 amide bonds. The van der Waals surface area contributed by atoms with Gasteiger partial charge in [-0.05, 0) is 44.6 Å². The average molecular weight is 299 g/mol. The molecule has 1 aromatic rings. The van der Waals surface area contributed by atoms with Gasteiger partial charge in [0.25, 0.3) is 0 Å². The molecule has 0 bridgehead atoms. The van der Waals surface area contributed by atoms with Gasteiger partial charge in [-0.25, -0.2) is 0 Å². The lowest BCUT2D eigenvalue weighted by Gasteiger charge is -2.27. The molecule has 1 aliphatic carbocycles. The fourth-order valence-corrected chi connectivity index (χ4v) is 3.56. The predicted molar refractivity (Wildman–Crippen MR) is 75.7 cm³/mol. The molecule has 1 fully saturated rings. The molecular weight excluding hydrogens is 276 g/mol. The minimum Gasteiger partial charge on any atom is -0.270 e. The van der Waals surface area contributed by atoms with Crippen LogP contribution in [0, 0.1) is 5.92 Å². The first-order chi connectivity index (χ1) is 8.24. The summed E-state index contributed by atoms with van der Waals surface area (Å²) >= 11 is 3.85. The second-order valence-electron chi connectivity index (χ2n) is 5.06. The maximum atomic E-state index is 4.64. The first kappa shape index (κ1) is 13.1. The second-order valence-corrected chi connectivity index (χ2v) is 6.24. The highest BCUT2D eigenvalue weighted by atomic mass is 79.9. The Bertz CT molecular complexity index is 359. The van der Waals surface area contributed by atoms with Crippen LogP contribution in [0.2, 0.25) is 0 Å². The van der Waals surface area contributed by atoms with Crippen molar-refractivity contribution in [1.29, 1.82) is 0 Å². The summed E-state index contributed by atoms with van der Waals surface area (Å²) in [6.45, 7) is 5.36. The van der Waals surface area contributed by atoms with E-state index in [2.05, 4.69) is 45.6 Å². The van der Waals surface area contributed by atoms with Crippen molar-refractivity contribution in [2.24, 2.45) is 5.92 Å². The lowest BCUT2D eigenvalue weighted by Crippen LogP contribution is -2.22. The lowest BCUT2D eigenvalue weighted by molar-refractivity contribution is 0.365. The minimum atomic E-state index is 0.710. The van der Waals surface area contributed by atoms with E-state index >= 15 is 0 Å². The fraction of sp³-hybridized carbons (Fsp3) is 0.786. The molecule has 0 aromatic carbocycles. The normalized spacial score (nSPS) is 25.1. The van der Waals surface area contributed by atoms with Crippen molar-refractivity contribution in [2.45, 2.75) is 63.7 Å². The number of alkyl halides is 1. The van der Waals surface area contributed by atoms with E-state index in [0.717, 1.165) is 18.9 Å². The second kappa shape index (κ2) is 6.03. The third kappa shape index (κ3) is 3.12.